The van der Waals surface area contributed by atoms with Gasteiger partial charge in [0.25, 0.3) is 0 Å². The molecule has 2 aliphatic heterocycles. The number of nitro groups is 1. The number of rotatable bonds is 4. The standard InChI is InChI=1S/C12H13N7O4/c20-19(21)7-4-13-16-10(7)11-15-12(18-17-11)14-6-1-2-8-9(3-6)23-5-22-8/h1-3,7,10,13,16H,4-5H2,(H2,14,15,17,18). The van der Waals surface area contributed by atoms with Gasteiger partial charge in [0.05, 0.1) is 6.54 Å². The van der Waals surface area contributed by atoms with Gasteiger partial charge in [-0.25, -0.2) is 10.9 Å². The highest BCUT2D eigenvalue weighted by Crippen LogP contribution is 2.34. The van der Waals surface area contributed by atoms with Crippen molar-refractivity contribution in [3.63, 3.8) is 0 Å². The number of aromatic nitrogens is 3. The lowest BCUT2D eigenvalue weighted by molar-refractivity contribution is -0.521. The minimum Gasteiger partial charge on any atom is -0.454 e. The molecule has 0 radical (unpaired) electrons. The maximum Gasteiger partial charge on any atom is 0.250 e. The van der Waals surface area contributed by atoms with Crippen LogP contribution in [0, 0.1) is 10.1 Å². The Bertz CT molecular complexity index is 749. The molecule has 1 saturated heterocycles. The summed E-state index contributed by atoms with van der Waals surface area (Å²) >= 11 is 0. The molecule has 1 aromatic heterocycles. The molecule has 120 valence electrons. The molecule has 0 aliphatic carbocycles. The van der Waals surface area contributed by atoms with Gasteiger partial charge in [-0.3, -0.25) is 15.2 Å². The number of H-pyrrole nitrogens is 1. The largest absolute Gasteiger partial charge is 0.454 e. The van der Waals surface area contributed by atoms with Crippen LogP contribution in [0.25, 0.3) is 0 Å². The molecule has 0 spiro atoms. The van der Waals surface area contributed by atoms with E-state index in [4.69, 9.17) is 9.47 Å². The summed E-state index contributed by atoms with van der Waals surface area (Å²) in [5.41, 5.74) is 6.31. The van der Waals surface area contributed by atoms with Crippen LogP contribution in [-0.2, 0) is 0 Å². The van der Waals surface area contributed by atoms with E-state index in [1.54, 1.807) is 18.2 Å². The van der Waals surface area contributed by atoms with Crippen molar-refractivity contribution in [1.82, 2.24) is 26.0 Å². The third kappa shape index (κ3) is 2.51. The zero-order chi connectivity index (χ0) is 15.8. The number of nitrogens with one attached hydrogen (secondary N) is 4. The molecule has 3 heterocycles. The van der Waals surface area contributed by atoms with Gasteiger partial charge < -0.3 is 14.8 Å². The van der Waals surface area contributed by atoms with Crippen LogP contribution in [0.3, 0.4) is 0 Å². The van der Waals surface area contributed by atoms with E-state index in [2.05, 4.69) is 31.3 Å². The second-order valence-corrected chi connectivity index (χ2v) is 5.09. The number of benzene rings is 1. The first-order valence-corrected chi connectivity index (χ1v) is 6.91. The second kappa shape index (κ2) is 5.37. The Morgan fingerprint density at radius 3 is 3.09 bits per heavy atom. The average molecular weight is 319 g/mol. The van der Waals surface area contributed by atoms with Gasteiger partial charge in [0.2, 0.25) is 18.8 Å². The molecule has 2 unspecified atom stereocenters. The predicted molar refractivity (Wildman–Crippen MR) is 76.9 cm³/mol. The van der Waals surface area contributed by atoms with Crippen molar-refractivity contribution in [1.29, 1.82) is 0 Å². The molecule has 4 rings (SSSR count). The highest BCUT2D eigenvalue weighted by atomic mass is 16.7. The Hall–Kier alpha value is -2.92. The van der Waals surface area contributed by atoms with Crippen LogP contribution in [0.4, 0.5) is 11.6 Å². The molecule has 2 aromatic rings. The Balaban J connectivity index is 1.51. The van der Waals surface area contributed by atoms with Gasteiger partial charge in [0.15, 0.2) is 17.3 Å². The van der Waals surface area contributed by atoms with Crippen molar-refractivity contribution in [3.8, 4) is 11.5 Å². The molecule has 0 bridgehead atoms. The fourth-order valence-corrected chi connectivity index (χ4v) is 2.51. The van der Waals surface area contributed by atoms with E-state index in [-0.39, 0.29) is 18.3 Å². The number of hydrogen-bond donors (Lipinski definition) is 4. The zero-order valence-electron chi connectivity index (χ0n) is 11.8. The van der Waals surface area contributed by atoms with Gasteiger partial charge >= 0.3 is 0 Å². The van der Waals surface area contributed by atoms with Gasteiger partial charge in [0.1, 0.15) is 6.04 Å². The highest BCUT2D eigenvalue weighted by Gasteiger charge is 2.39. The second-order valence-electron chi connectivity index (χ2n) is 5.09. The first-order valence-electron chi connectivity index (χ1n) is 6.91. The Labute approximate surface area is 129 Å². The SMILES string of the molecule is O=[N+]([O-])C1CNNC1c1nc(Nc2ccc3c(c2)OCO3)n[nH]1. The number of ether oxygens (including phenoxy) is 2. The van der Waals surface area contributed by atoms with Crippen LogP contribution in [0.2, 0.25) is 0 Å². The molecule has 0 amide bonds. The van der Waals surface area contributed by atoms with Crippen molar-refractivity contribution < 1.29 is 14.4 Å². The fraction of sp³-hybridized carbons (Fsp3) is 0.333. The van der Waals surface area contributed by atoms with E-state index in [1.807, 2.05) is 0 Å². The number of nitrogens with zero attached hydrogens (tertiary/aromatic N) is 3. The third-order valence-corrected chi connectivity index (χ3v) is 3.65. The number of aromatic amines is 1. The monoisotopic (exact) mass is 319 g/mol. The van der Waals surface area contributed by atoms with Crippen molar-refractivity contribution >= 4 is 11.6 Å². The minimum atomic E-state index is -0.804. The molecule has 1 fully saturated rings. The Morgan fingerprint density at radius 2 is 2.22 bits per heavy atom. The highest BCUT2D eigenvalue weighted by molar-refractivity contribution is 5.60. The van der Waals surface area contributed by atoms with Crippen LogP contribution in [-0.4, -0.2) is 39.5 Å². The zero-order valence-corrected chi connectivity index (χ0v) is 11.8. The minimum absolute atomic E-state index is 0.201. The lowest BCUT2D eigenvalue weighted by Gasteiger charge is -2.08. The van der Waals surface area contributed by atoms with Crippen LogP contribution in [0.1, 0.15) is 11.9 Å². The van der Waals surface area contributed by atoms with E-state index in [1.165, 1.54) is 0 Å². The number of anilines is 2. The van der Waals surface area contributed by atoms with Crippen LogP contribution in [0.5, 0.6) is 11.5 Å². The lowest BCUT2D eigenvalue weighted by atomic mass is 10.1. The smallest absolute Gasteiger partial charge is 0.250 e. The third-order valence-electron chi connectivity index (χ3n) is 3.65. The normalized spacial score (nSPS) is 22.3. The van der Waals surface area contributed by atoms with E-state index in [9.17, 15) is 10.1 Å². The Kier molecular flexibility index (Phi) is 3.20. The maximum atomic E-state index is 11.0. The molecule has 0 saturated carbocycles. The number of fused-ring (bicyclic) bond motifs is 1. The van der Waals surface area contributed by atoms with Crippen LogP contribution < -0.4 is 25.6 Å². The van der Waals surface area contributed by atoms with E-state index >= 15 is 0 Å². The topological polar surface area (TPSA) is 139 Å². The molecule has 2 atom stereocenters. The van der Waals surface area contributed by atoms with Gasteiger partial charge in [-0.05, 0) is 12.1 Å². The van der Waals surface area contributed by atoms with Crippen LogP contribution in [0.15, 0.2) is 18.2 Å². The summed E-state index contributed by atoms with van der Waals surface area (Å²) in [5.74, 6) is 2.02. The van der Waals surface area contributed by atoms with Crippen molar-refractivity contribution in [2.24, 2.45) is 0 Å². The Morgan fingerprint density at radius 1 is 1.35 bits per heavy atom. The van der Waals surface area contributed by atoms with Gasteiger partial charge in [-0.1, -0.05) is 0 Å². The maximum absolute atomic E-state index is 11.0. The molecule has 4 N–H and O–H groups in total. The van der Waals surface area contributed by atoms with Crippen molar-refractivity contribution in [2.75, 3.05) is 18.7 Å². The van der Waals surface area contributed by atoms with E-state index in [0.29, 0.717) is 23.3 Å². The molecule has 2 aliphatic rings. The van der Waals surface area contributed by atoms with Crippen molar-refractivity contribution in [2.45, 2.75) is 12.1 Å². The van der Waals surface area contributed by atoms with Gasteiger partial charge in [-0.15, -0.1) is 5.10 Å². The van der Waals surface area contributed by atoms with Gasteiger partial charge in [0, 0.05) is 16.7 Å². The quantitative estimate of drug-likeness (QED) is 0.455. The predicted octanol–water partition coefficient (Wildman–Crippen LogP) is 0.0712. The summed E-state index contributed by atoms with van der Waals surface area (Å²) in [6.07, 6.45) is 0. The van der Waals surface area contributed by atoms with E-state index < -0.39 is 12.1 Å². The molecule has 23 heavy (non-hydrogen) atoms. The number of hydrazine groups is 1. The lowest BCUT2D eigenvalue weighted by Crippen LogP contribution is -2.30. The van der Waals surface area contributed by atoms with Gasteiger partial charge in [-0.2, -0.15) is 4.98 Å². The molecular formula is C12H13N7O4. The van der Waals surface area contributed by atoms with Crippen molar-refractivity contribution in [3.05, 3.63) is 34.1 Å². The number of hydrogen-bond acceptors (Lipinski definition) is 9. The summed E-state index contributed by atoms with van der Waals surface area (Å²) < 4.78 is 10.5. The first kappa shape index (κ1) is 13.7. The summed E-state index contributed by atoms with van der Waals surface area (Å²) in [6.45, 7) is 0.426. The fourth-order valence-electron chi connectivity index (χ4n) is 2.51. The summed E-state index contributed by atoms with van der Waals surface area (Å²) in [7, 11) is 0. The summed E-state index contributed by atoms with van der Waals surface area (Å²) in [6, 6.07) is 3.99. The summed E-state index contributed by atoms with van der Waals surface area (Å²) in [4.78, 5) is 14.9. The molecule has 11 heteroatoms. The molecule has 11 nitrogen and oxygen atoms in total. The molecule has 1 aromatic carbocycles. The average Bonchev–Trinajstić information content (AvgIpc) is 3.26. The van der Waals surface area contributed by atoms with E-state index in [0.717, 1.165) is 5.69 Å². The molecular weight excluding hydrogens is 306 g/mol. The summed E-state index contributed by atoms with van der Waals surface area (Å²) in [5, 5.41) is 20.8. The van der Waals surface area contributed by atoms with Crippen LogP contribution >= 0.6 is 0 Å². The first-order chi connectivity index (χ1) is 11.2.